The van der Waals surface area contributed by atoms with Gasteiger partial charge >= 0.3 is 0 Å². The lowest BCUT2D eigenvalue weighted by molar-refractivity contribution is 0.677. The van der Waals surface area contributed by atoms with Gasteiger partial charge in [0, 0.05) is 11.9 Å². The van der Waals surface area contributed by atoms with Crippen molar-refractivity contribution in [3.63, 3.8) is 0 Å². The normalized spacial score (nSPS) is 10.4. The highest BCUT2D eigenvalue weighted by Crippen LogP contribution is 2.01. The van der Waals surface area contributed by atoms with Crippen molar-refractivity contribution in [1.82, 2.24) is 10.3 Å². The lowest BCUT2D eigenvalue weighted by Crippen LogP contribution is -2.16. The van der Waals surface area contributed by atoms with Gasteiger partial charge in [-0.3, -0.25) is 0 Å². The summed E-state index contributed by atoms with van der Waals surface area (Å²) in [5.41, 5.74) is 4.38. The van der Waals surface area contributed by atoms with Crippen LogP contribution in [-0.4, -0.2) is 11.5 Å². The van der Waals surface area contributed by atoms with Crippen LogP contribution in [0.5, 0.6) is 0 Å². The Morgan fingerprint density at radius 3 is 2.80 bits per heavy atom. The van der Waals surface area contributed by atoms with E-state index in [4.69, 9.17) is 0 Å². The average Bonchev–Trinajstić information content (AvgIpc) is 2.79. The van der Waals surface area contributed by atoms with Crippen molar-refractivity contribution in [2.75, 3.05) is 6.54 Å². The number of thiazole rings is 1. The maximum Gasteiger partial charge on any atom is 0.0795 e. The molecule has 2 rings (SSSR count). The minimum atomic E-state index is 0.871. The van der Waals surface area contributed by atoms with Crippen molar-refractivity contribution in [2.24, 2.45) is 0 Å². The molecule has 0 amide bonds. The van der Waals surface area contributed by atoms with Gasteiger partial charge < -0.3 is 5.32 Å². The van der Waals surface area contributed by atoms with E-state index >= 15 is 0 Å². The maximum absolute atomic E-state index is 4.22. The fourth-order valence-corrected chi connectivity index (χ4v) is 1.98. The zero-order valence-corrected chi connectivity index (χ0v) is 9.33. The van der Waals surface area contributed by atoms with Crippen LogP contribution in [-0.2, 0) is 13.0 Å². The fourth-order valence-electron chi connectivity index (χ4n) is 1.42. The quantitative estimate of drug-likeness (QED) is 0.780. The van der Waals surface area contributed by atoms with Crippen LogP contribution in [0.25, 0.3) is 0 Å². The second-order valence-electron chi connectivity index (χ2n) is 3.39. The molecule has 15 heavy (non-hydrogen) atoms. The molecule has 0 saturated heterocycles. The first-order chi connectivity index (χ1) is 7.45. The first kappa shape index (κ1) is 10.3. The Hall–Kier alpha value is -1.19. The van der Waals surface area contributed by atoms with Crippen LogP contribution >= 0.6 is 11.3 Å². The highest BCUT2D eigenvalue weighted by Gasteiger charge is 1.94. The SMILES string of the molecule is c1ccc(CCNCc2cscn2)cc1. The first-order valence-corrected chi connectivity index (χ1v) is 6.01. The van der Waals surface area contributed by atoms with Crippen LogP contribution in [0.1, 0.15) is 11.3 Å². The Bertz CT molecular complexity index is 370. The largest absolute Gasteiger partial charge is 0.311 e. The Kier molecular flexibility index (Phi) is 3.88. The Labute approximate surface area is 94.0 Å². The van der Waals surface area contributed by atoms with Crippen LogP contribution in [0.4, 0.5) is 0 Å². The molecule has 1 aromatic heterocycles. The van der Waals surface area contributed by atoms with Gasteiger partial charge in [0.15, 0.2) is 0 Å². The highest BCUT2D eigenvalue weighted by atomic mass is 32.1. The Morgan fingerprint density at radius 1 is 1.20 bits per heavy atom. The first-order valence-electron chi connectivity index (χ1n) is 5.07. The summed E-state index contributed by atoms with van der Waals surface area (Å²) in [6.45, 7) is 1.87. The van der Waals surface area contributed by atoms with Gasteiger partial charge in [0.25, 0.3) is 0 Å². The number of nitrogens with one attached hydrogen (secondary N) is 1. The van der Waals surface area contributed by atoms with E-state index in [1.807, 2.05) is 11.6 Å². The van der Waals surface area contributed by atoms with Crippen LogP contribution in [0.15, 0.2) is 41.2 Å². The molecule has 0 spiro atoms. The fraction of sp³-hybridized carbons (Fsp3) is 0.250. The van der Waals surface area contributed by atoms with Crippen LogP contribution < -0.4 is 5.32 Å². The molecule has 0 aliphatic heterocycles. The standard InChI is InChI=1S/C12H14N2S/c1-2-4-11(5-3-1)6-7-13-8-12-9-15-10-14-12/h1-5,9-10,13H,6-8H2. The van der Waals surface area contributed by atoms with E-state index in [-0.39, 0.29) is 0 Å². The van der Waals surface area contributed by atoms with Crippen LogP contribution in [0.2, 0.25) is 0 Å². The topological polar surface area (TPSA) is 24.9 Å². The van der Waals surface area contributed by atoms with Gasteiger partial charge in [0.1, 0.15) is 0 Å². The van der Waals surface area contributed by atoms with Gasteiger partial charge in [0.05, 0.1) is 11.2 Å². The number of aromatic nitrogens is 1. The van der Waals surface area contributed by atoms with Gasteiger partial charge in [-0.15, -0.1) is 11.3 Å². The molecule has 1 aromatic carbocycles. The smallest absolute Gasteiger partial charge is 0.0795 e. The van der Waals surface area contributed by atoms with E-state index in [0.29, 0.717) is 0 Å². The summed E-state index contributed by atoms with van der Waals surface area (Å²) >= 11 is 1.64. The van der Waals surface area contributed by atoms with Crippen molar-refractivity contribution in [2.45, 2.75) is 13.0 Å². The second-order valence-corrected chi connectivity index (χ2v) is 4.11. The van der Waals surface area contributed by atoms with Gasteiger partial charge in [-0.25, -0.2) is 4.98 Å². The molecule has 0 aliphatic carbocycles. The third kappa shape index (κ3) is 3.46. The summed E-state index contributed by atoms with van der Waals surface area (Å²) in [7, 11) is 0. The van der Waals surface area contributed by atoms with Crippen molar-refractivity contribution in [3.05, 3.63) is 52.5 Å². The molecule has 0 saturated carbocycles. The number of rotatable bonds is 5. The van der Waals surface area contributed by atoms with Crippen molar-refractivity contribution in [1.29, 1.82) is 0 Å². The summed E-state index contributed by atoms with van der Waals surface area (Å²) in [4.78, 5) is 4.22. The third-order valence-corrected chi connectivity index (χ3v) is 2.86. The Morgan fingerprint density at radius 2 is 2.07 bits per heavy atom. The van der Waals surface area contributed by atoms with Gasteiger partial charge in [-0.1, -0.05) is 30.3 Å². The van der Waals surface area contributed by atoms with E-state index in [1.54, 1.807) is 11.3 Å². The van der Waals surface area contributed by atoms with Gasteiger partial charge in [-0.05, 0) is 18.5 Å². The molecule has 3 heteroatoms. The van der Waals surface area contributed by atoms with Gasteiger partial charge in [-0.2, -0.15) is 0 Å². The predicted molar refractivity (Wildman–Crippen MR) is 64.0 cm³/mol. The molecule has 0 unspecified atom stereocenters. The Balaban J connectivity index is 1.68. The van der Waals surface area contributed by atoms with Crippen molar-refractivity contribution < 1.29 is 0 Å². The summed E-state index contributed by atoms with van der Waals surface area (Å²) in [5.74, 6) is 0. The molecule has 1 N–H and O–H groups in total. The molecule has 0 bridgehead atoms. The molecular weight excluding hydrogens is 204 g/mol. The summed E-state index contributed by atoms with van der Waals surface area (Å²) < 4.78 is 0. The van der Waals surface area contributed by atoms with Crippen molar-refractivity contribution in [3.8, 4) is 0 Å². The lowest BCUT2D eigenvalue weighted by Gasteiger charge is -2.02. The van der Waals surface area contributed by atoms with E-state index in [0.717, 1.165) is 25.2 Å². The summed E-state index contributed by atoms with van der Waals surface area (Å²) in [6.07, 6.45) is 1.07. The van der Waals surface area contributed by atoms with Crippen LogP contribution in [0.3, 0.4) is 0 Å². The molecule has 0 radical (unpaired) electrons. The van der Waals surface area contributed by atoms with E-state index < -0.39 is 0 Å². The molecule has 0 atom stereocenters. The molecular formula is C12H14N2S. The van der Waals surface area contributed by atoms with E-state index in [1.165, 1.54) is 5.56 Å². The minimum Gasteiger partial charge on any atom is -0.311 e. The van der Waals surface area contributed by atoms with Crippen LogP contribution in [0, 0.1) is 0 Å². The number of nitrogens with zero attached hydrogens (tertiary/aromatic N) is 1. The number of hydrogen-bond donors (Lipinski definition) is 1. The average molecular weight is 218 g/mol. The molecule has 78 valence electrons. The maximum atomic E-state index is 4.22. The zero-order chi connectivity index (χ0) is 10.3. The molecule has 1 heterocycles. The molecule has 2 aromatic rings. The zero-order valence-electron chi connectivity index (χ0n) is 8.52. The molecule has 0 fully saturated rings. The minimum absolute atomic E-state index is 0.871. The second kappa shape index (κ2) is 5.63. The molecule has 0 aliphatic rings. The summed E-state index contributed by atoms with van der Waals surface area (Å²) in [6, 6.07) is 10.5. The number of hydrogen-bond acceptors (Lipinski definition) is 3. The monoisotopic (exact) mass is 218 g/mol. The summed E-state index contributed by atoms with van der Waals surface area (Å²) in [5, 5.41) is 5.46. The highest BCUT2D eigenvalue weighted by molar-refractivity contribution is 7.07. The number of benzene rings is 1. The third-order valence-electron chi connectivity index (χ3n) is 2.22. The molecule has 2 nitrogen and oxygen atoms in total. The van der Waals surface area contributed by atoms with E-state index in [9.17, 15) is 0 Å². The predicted octanol–water partition coefficient (Wildman–Crippen LogP) is 2.48. The van der Waals surface area contributed by atoms with E-state index in [2.05, 4.69) is 39.9 Å². The van der Waals surface area contributed by atoms with Gasteiger partial charge in [0.2, 0.25) is 0 Å². The van der Waals surface area contributed by atoms with Crippen molar-refractivity contribution >= 4 is 11.3 Å². The lowest BCUT2D eigenvalue weighted by atomic mass is 10.1.